The molecule has 0 fully saturated rings. The highest BCUT2D eigenvalue weighted by Crippen LogP contribution is 2.35. The third-order valence-corrected chi connectivity index (χ3v) is 5.80. The molecule has 3 heterocycles. The molecule has 0 spiro atoms. The zero-order chi connectivity index (χ0) is 20.0. The molecule has 2 aliphatic rings. The van der Waals surface area contributed by atoms with E-state index >= 15 is 0 Å². The number of halogens is 3. The van der Waals surface area contributed by atoms with Crippen molar-refractivity contribution in [1.29, 1.82) is 0 Å². The van der Waals surface area contributed by atoms with Crippen molar-refractivity contribution in [3.63, 3.8) is 0 Å². The first-order valence-electron chi connectivity index (χ1n) is 8.75. The van der Waals surface area contributed by atoms with Crippen LogP contribution in [0.15, 0.2) is 47.9 Å². The number of likely N-dealkylation sites (N-methyl/N-ethyl adjacent to an activating group) is 1. The van der Waals surface area contributed by atoms with Crippen LogP contribution >= 0.6 is 23.2 Å². The van der Waals surface area contributed by atoms with Crippen LogP contribution in [0.2, 0.25) is 10.0 Å². The topological polar surface area (TPSA) is 51.7 Å². The van der Waals surface area contributed by atoms with Crippen LogP contribution in [0.4, 0.5) is 10.2 Å². The molecule has 0 radical (unpaired) electrons. The summed E-state index contributed by atoms with van der Waals surface area (Å²) < 4.78 is 13.6. The molecule has 1 N–H and O–H groups in total. The van der Waals surface area contributed by atoms with E-state index in [2.05, 4.69) is 10.5 Å². The van der Waals surface area contributed by atoms with Gasteiger partial charge < -0.3 is 4.90 Å². The van der Waals surface area contributed by atoms with E-state index in [1.807, 2.05) is 19.0 Å². The lowest BCUT2D eigenvalue weighted by Gasteiger charge is -2.35. The lowest BCUT2D eigenvalue weighted by molar-refractivity contribution is 0.0684. The molecule has 1 aromatic carbocycles. The summed E-state index contributed by atoms with van der Waals surface area (Å²) in [5.74, 6) is -0.0799. The zero-order valence-electron chi connectivity index (χ0n) is 15.3. The van der Waals surface area contributed by atoms with Crippen molar-refractivity contribution in [2.45, 2.75) is 19.4 Å². The van der Waals surface area contributed by atoms with Gasteiger partial charge in [-0.2, -0.15) is 0 Å². The van der Waals surface area contributed by atoms with Crippen LogP contribution < -0.4 is 10.5 Å². The molecule has 4 rings (SSSR count). The molecule has 0 saturated carbocycles. The Morgan fingerprint density at radius 3 is 2.82 bits per heavy atom. The van der Waals surface area contributed by atoms with Crippen molar-refractivity contribution in [1.82, 2.24) is 20.4 Å². The summed E-state index contributed by atoms with van der Waals surface area (Å²) in [4.78, 5) is 19.1. The zero-order valence-corrected chi connectivity index (χ0v) is 16.8. The van der Waals surface area contributed by atoms with Crippen LogP contribution in [0.3, 0.4) is 0 Å². The smallest absolute Gasteiger partial charge is 0.256 e. The number of nitrogens with zero attached hydrogens (tertiary/aromatic N) is 4. The van der Waals surface area contributed by atoms with Crippen LogP contribution in [-0.4, -0.2) is 40.4 Å². The van der Waals surface area contributed by atoms with Gasteiger partial charge in [0, 0.05) is 31.8 Å². The SMILES string of the molecule is C[C@H]1CC2=C(CN1C(=O)c1cccc(Cl)c1Cl)N(C)NN2c1cc(F)ccn1. The quantitative estimate of drug-likeness (QED) is 0.797. The van der Waals surface area contributed by atoms with E-state index in [0.717, 1.165) is 11.4 Å². The molecule has 6 nitrogen and oxygen atoms in total. The van der Waals surface area contributed by atoms with E-state index in [1.54, 1.807) is 28.1 Å². The van der Waals surface area contributed by atoms with Crippen molar-refractivity contribution in [2.75, 3.05) is 18.6 Å². The Balaban J connectivity index is 1.65. The fraction of sp³-hybridized carbons (Fsp3) is 0.263. The number of pyridine rings is 1. The lowest BCUT2D eigenvalue weighted by atomic mass is 10.0. The van der Waals surface area contributed by atoms with Gasteiger partial charge in [0.15, 0.2) is 5.82 Å². The second-order valence-corrected chi connectivity index (χ2v) is 7.59. The Hall–Kier alpha value is -2.35. The van der Waals surface area contributed by atoms with Crippen LogP contribution in [0, 0.1) is 5.82 Å². The van der Waals surface area contributed by atoms with Crippen molar-refractivity contribution in [3.8, 4) is 0 Å². The van der Waals surface area contributed by atoms with Crippen LogP contribution in [0.1, 0.15) is 23.7 Å². The number of anilines is 1. The predicted molar refractivity (Wildman–Crippen MR) is 106 cm³/mol. The standard InChI is InChI=1S/C19H18Cl2FN5O/c1-11-8-15-16(25(2)24-27(15)17-9-12(22)6-7-23-17)10-26(11)19(28)13-4-3-5-14(20)18(13)21/h3-7,9,11,24H,8,10H2,1-2H3/t11-/m0/s1. The monoisotopic (exact) mass is 421 g/mol. The summed E-state index contributed by atoms with van der Waals surface area (Å²) in [6, 6.07) is 7.61. The van der Waals surface area contributed by atoms with E-state index in [4.69, 9.17) is 23.2 Å². The third kappa shape index (κ3) is 3.19. The minimum atomic E-state index is -0.361. The van der Waals surface area contributed by atoms with Gasteiger partial charge in [-0.25, -0.2) is 14.4 Å². The number of amides is 1. The fourth-order valence-electron chi connectivity index (χ4n) is 3.51. The normalized spacial score (nSPS) is 19.3. The van der Waals surface area contributed by atoms with Gasteiger partial charge in [0.2, 0.25) is 0 Å². The average Bonchev–Trinajstić information content (AvgIpc) is 2.98. The maximum absolute atomic E-state index is 13.6. The number of nitrogens with one attached hydrogen (secondary N) is 1. The molecule has 2 aliphatic heterocycles. The second kappa shape index (κ2) is 7.24. The van der Waals surface area contributed by atoms with Crippen LogP contribution in [0.25, 0.3) is 0 Å². The Morgan fingerprint density at radius 1 is 1.29 bits per heavy atom. The Labute approximate surface area is 172 Å². The summed E-state index contributed by atoms with van der Waals surface area (Å²) >= 11 is 12.3. The summed E-state index contributed by atoms with van der Waals surface area (Å²) in [5, 5.41) is 4.17. The second-order valence-electron chi connectivity index (χ2n) is 6.81. The minimum absolute atomic E-state index is 0.0920. The Bertz CT molecular complexity index is 983. The molecule has 1 atom stereocenters. The molecule has 9 heteroatoms. The minimum Gasteiger partial charge on any atom is -0.330 e. The third-order valence-electron chi connectivity index (χ3n) is 4.98. The molecule has 0 saturated heterocycles. The summed E-state index contributed by atoms with van der Waals surface area (Å²) in [6.07, 6.45) is 2.00. The van der Waals surface area contributed by atoms with Crippen molar-refractivity contribution in [3.05, 3.63) is 69.3 Å². The number of benzene rings is 1. The first kappa shape index (κ1) is 19.0. The van der Waals surface area contributed by atoms with Gasteiger partial charge >= 0.3 is 0 Å². The molecule has 2 aromatic rings. The van der Waals surface area contributed by atoms with Crippen molar-refractivity contribution < 1.29 is 9.18 Å². The highest BCUT2D eigenvalue weighted by Gasteiger charge is 2.38. The van der Waals surface area contributed by atoms with Gasteiger partial charge in [-0.1, -0.05) is 29.3 Å². The van der Waals surface area contributed by atoms with Crippen molar-refractivity contribution >= 4 is 34.9 Å². The molecular formula is C19H18Cl2FN5O. The highest BCUT2D eigenvalue weighted by atomic mass is 35.5. The van der Waals surface area contributed by atoms with E-state index in [9.17, 15) is 9.18 Å². The van der Waals surface area contributed by atoms with Gasteiger partial charge in [0.05, 0.1) is 33.5 Å². The van der Waals surface area contributed by atoms with E-state index in [1.165, 1.54) is 18.3 Å². The number of hydrogen-bond donors (Lipinski definition) is 1. The molecule has 1 aromatic heterocycles. The summed E-state index contributed by atoms with van der Waals surface area (Å²) in [5.41, 5.74) is 5.40. The number of hydrazine groups is 2. The van der Waals surface area contributed by atoms with E-state index in [0.29, 0.717) is 29.4 Å². The summed E-state index contributed by atoms with van der Waals surface area (Å²) in [6.45, 7) is 2.35. The van der Waals surface area contributed by atoms with Gasteiger partial charge in [0.25, 0.3) is 5.91 Å². The Kier molecular flexibility index (Phi) is 4.91. The van der Waals surface area contributed by atoms with Gasteiger partial charge in [-0.05, 0) is 25.1 Å². The van der Waals surface area contributed by atoms with Gasteiger partial charge in [0.1, 0.15) is 5.82 Å². The lowest BCUT2D eigenvalue weighted by Crippen LogP contribution is -2.45. The number of aromatic nitrogens is 1. The number of hydrogen-bond acceptors (Lipinski definition) is 5. The van der Waals surface area contributed by atoms with Gasteiger partial charge in [-0.15, -0.1) is 5.53 Å². The molecule has 1 amide bonds. The average molecular weight is 422 g/mol. The van der Waals surface area contributed by atoms with Crippen LogP contribution in [0.5, 0.6) is 0 Å². The molecular weight excluding hydrogens is 404 g/mol. The largest absolute Gasteiger partial charge is 0.330 e. The predicted octanol–water partition coefficient (Wildman–Crippen LogP) is 3.85. The fourth-order valence-corrected chi connectivity index (χ4v) is 3.89. The molecule has 28 heavy (non-hydrogen) atoms. The highest BCUT2D eigenvalue weighted by molar-refractivity contribution is 6.43. The van der Waals surface area contributed by atoms with Gasteiger partial charge in [-0.3, -0.25) is 9.80 Å². The summed E-state index contributed by atoms with van der Waals surface area (Å²) in [7, 11) is 1.85. The molecule has 0 bridgehead atoms. The van der Waals surface area contributed by atoms with E-state index < -0.39 is 0 Å². The molecule has 0 aliphatic carbocycles. The molecule has 0 unspecified atom stereocenters. The van der Waals surface area contributed by atoms with Crippen molar-refractivity contribution in [2.24, 2.45) is 0 Å². The Morgan fingerprint density at radius 2 is 2.07 bits per heavy atom. The maximum atomic E-state index is 13.6. The number of rotatable bonds is 2. The first-order valence-corrected chi connectivity index (χ1v) is 9.51. The molecule has 146 valence electrons. The maximum Gasteiger partial charge on any atom is 0.256 e. The van der Waals surface area contributed by atoms with E-state index in [-0.39, 0.29) is 22.8 Å². The number of carbonyl (C=O) groups is 1. The number of carbonyl (C=O) groups excluding carboxylic acids is 1. The first-order chi connectivity index (χ1) is 13.4. The van der Waals surface area contributed by atoms with Crippen LogP contribution in [-0.2, 0) is 0 Å².